The molecule has 0 radical (unpaired) electrons. The van der Waals surface area contributed by atoms with Gasteiger partial charge in [-0.2, -0.15) is 0 Å². The monoisotopic (exact) mass is 1140 g/mol. The Kier molecular flexibility index (Phi) is 52.0. The van der Waals surface area contributed by atoms with Crippen LogP contribution < -0.4 is 0 Å². The number of ether oxygens (including phenoxy) is 4. The number of phosphoric ester groups is 2. The van der Waals surface area contributed by atoms with Crippen LogP contribution in [-0.4, -0.2) is 96.7 Å². The third-order valence-electron chi connectivity index (χ3n) is 13.4. The molecule has 0 aliphatic rings. The molecule has 0 aliphatic carbocycles. The molecule has 0 amide bonds. The molecule has 0 aromatic rings. The van der Waals surface area contributed by atoms with Gasteiger partial charge < -0.3 is 33.8 Å². The molecule has 0 bridgehead atoms. The highest BCUT2D eigenvalue weighted by Gasteiger charge is 2.30. The molecule has 3 N–H and O–H groups in total. The molecule has 0 heterocycles. The molecule has 5 atom stereocenters. The van der Waals surface area contributed by atoms with Crippen LogP contribution in [-0.2, 0) is 65.4 Å². The summed E-state index contributed by atoms with van der Waals surface area (Å²) in [5, 5.41) is 10.5. The van der Waals surface area contributed by atoms with Crippen LogP contribution >= 0.6 is 15.6 Å². The van der Waals surface area contributed by atoms with Crippen molar-refractivity contribution in [3.8, 4) is 0 Å². The molecule has 17 nitrogen and oxygen atoms in total. The fraction of sp³-hybridized carbons (Fsp3) is 0.931. The molecule has 0 aliphatic heterocycles. The summed E-state index contributed by atoms with van der Waals surface area (Å²) in [6.45, 7) is 4.67. The minimum absolute atomic E-state index is 0.0991. The summed E-state index contributed by atoms with van der Waals surface area (Å²) >= 11 is 0. The molecule has 0 saturated carbocycles. The lowest BCUT2D eigenvalue weighted by Gasteiger charge is -2.21. The summed E-state index contributed by atoms with van der Waals surface area (Å²) in [5.41, 5.74) is 0. The lowest BCUT2D eigenvalue weighted by Crippen LogP contribution is -2.30. The standard InChI is InChI=1S/C58H112O17P2/c1-5-9-13-17-19-21-23-25-27-29-31-33-37-41-45-58(63)75-54(49-69-56(61)43-39-36-32-30-28-26-24-22-20-18-14-10-6-2)51-73-77(66,67)71-47-52(59)46-70-76(64,65)72-50-53(74-57(62)44-40-35-16-12-8-4)48-68-55(60)42-38-34-15-11-7-3/h52-54,59H,5-51H2,1-4H3,(H,64,65)(H,66,67)/t52-,53+,54+/m0/s1. The molecule has 0 aromatic heterocycles. The van der Waals surface area contributed by atoms with Gasteiger partial charge in [-0.1, -0.05) is 240 Å². The van der Waals surface area contributed by atoms with Crippen molar-refractivity contribution in [3.05, 3.63) is 0 Å². The van der Waals surface area contributed by atoms with E-state index in [-0.39, 0.29) is 25.7 Å². The van der Waals surface area contributed by atoms with E-state index in [0.717, 1.165) is 96.3 Å². The minimum atomic E-state index is -4.93. The zero-order chi connectivity index (χ0) is 56.9. The molecule has 0 spiro atoms. The van der Waals surface area contributed by atoms with E-state index in [1.165, 1.54) is 116 Å². The average molecular weight is 1140 g/mol. The quantitative estimate of drug-likeness (QED) is 0.0222. The molecule has 0 fully saturated rings. The van der Waals surface area contributed by atoms with Gasteiger partial charge in [0.2, 0.25) is 0 Å². The van der Waals surface area contributed by atoms with Crippen LogP contribution in [0.25, 0.3) is 0 Å². The maximum Gasteiger partial charge on any atom is 0.472 e. The molecule has 19 heteroatoms. The number of aliphatic hydroxyl groups excluding tert-OH is 1. The Morgan fingerprint density at radius 1 is 0.312 bits per heavy atom. The molecule has 2 unspecified atom stereocenters. The molecular formula is C58H112O17P2. The van der Waals surface area contributed by atoms with E-state index in [2.05, 4.69) is 27.7 Å². The van der Waals surface area contributed by atoms with Gasteiger partial charge in [-0.05, 0) is 25.7 Å². The van der Waals surface area contributed by atoms with Gasteiger partial charge in [0, 0.05) is 25.7 Å². The van der Waals surface area contributed by atoms with Gasteiger partial charge in [0.25, 0.3) is 0 Å². The summed E-state index contributed by atoms with van der Waals surface area (Å²) in [4.78, 5) is 71.4. The lowest BCUT2D eigenvalue weighted by molar-refractivity contribution is -0.161. The van der Waals surface area contributed by atoms with Crippen molar-refractivity contribution in [2.24, 2.45) is 0 Å². The maximum absolute atomic E-state index is 12.9. The first kappa shape index (κ1) is 75.1. The molecular weight excluding hydrogens is 1030 g/mol. The van der Waals surface area contributed by atoms with E-state index in [1.54, 1.807) is 0 Å². The third-order valence-corrected chi connectivity index (χ3v) is 15.3. The van der Waals surface area contributed by atoms with Gasteiger partial charge in [-0.15, -0.1) is 0 Å². The number of carbonyl (C=O) groups is 4. The molecule has 77 heavy (non-hydrogen) atoms. The summed E-state index contributed by atoms with van der Waals surface area (Å²) in [5.74, 6) is -2.16. The zero-order valence-electron chi connectivity index (χ0n) is 48.9. The molecule has 0 saturated heterocycles. The van der Waals surface area contributed by atoms with E-state index in [9.17, 15) is 43.2 Å². The first-order valence-electron chi connectivity index (χ1n) is 30.8. The molecule has 0 aromatic carbocycles. The summed E-state index contributed by atoms with van der Waals surface area (Å²) in [7, 11) is -9.85. The first-order valence-corrected chi connectivity index (χ1v) is 33.8. The lowest BCUT2D eigenvalue weighted by atomic mass is 10.0. The topological polar surface area (TPSA) is 237 Å². The smallest absolute Gasteiger partial charge is 0.462 e. The first-order chi connectivity index (χ1) is 37.2. The van der Waals surface area contributed by atoms with Crippen LogP contribution in [0.2, 0.25) is 0 Å². The van der Waals surface area contributed by atoms with Crippen molar-refractivity contribution in [2.75, 3.05) is 39.6 Å². The van der Waals surface area contributed by atoms with Gasteiger partial charge in [-0.3, -0.25) is 37.3 Å². The van der Waals surface area contributed by atoms with Crippen molar-refractivity contribution in [1.29, 1.82) is 0 Å². The number of hydrogen-bond donors (Lipinski definition) is 3. The van der Waals surface area contributed by atoms with Crippen LogP contribution in [0.3, 0.4) is 0 Å². The second-order valence-corrected chi connectivity index (χ2v) is 23.9. The Labute approximate surface area is 467 Å². The van der Waals surface area contributed by atoms with Gasteiger partial charge in [-0.25, -0.2) is 9.13 Å². The Hall–Kier alpha value is -1.94. The summed E-state index contributed by atoms with van der Waals surface area (Å²) in [6, 6.07) is 0. The highest BCUT2D eigenvalue weighted by Crippen LogP contribution is 2.45. The van der Waals surface area contributed by atoms with Gasteiger partial charge >= 0.3 is 39.5 Å². The van der Waals surface area contributed by atoms with Gasteiger partial charge in [0.1, 0.15) is 19.3 Å². The van der Waals surface area contributed by atoms with Crippen LogP contribution in [0.15, 0.2) is 0 Å². The number of esters is 4. The Morgan fingerprint density at radius 3 is 0.766 bits per heavy atom. The Balaban J connectivity index is 5.12. The predicted octanol–water partition coefficient (Wildman–Crippen LogP) is 15.6. The minimum Gasteiger partial charge on any atom is -0.462 e. The Bertz CT molecular complexity index is 1500. The van der Waals surface area contributed by atoms with Crippen LogP contribution in [0.5, 0.6) is 0 Å². The van der Waals surface area contributed by atoms with E-state index in [0.29, 0.717) is 25.7 Å². The van der Waals surface area contributed by atoms with Crippen molar-refractivity contribution < 1.29 is 80.2 Å². The number of carbonyl (C=O) groups excluding carboxylic acids is 4. The number of hydrogen-bond acceptors (Lipinski definition) is 15. The highest BCUT2D eigenvalue weighted by molar-refractivity contribution is 7.47. The maximum atomic E-state index is 12.9. The fourth-order valence-electron chi connectivity index (χ4n) is 8.57. The second kappa shape index (κ2) is 53.4. The van der Waals surface area contributed by atoms with Gasteiger partial charge in [0.15, 0.2) is 12.2 Å². The normalized spacial score (nSPS) is 14.3. The number of phosphoric acid groups is 2. The predicted molar refractivity (Wildman–Crippen MR) is 303 cm³/mol. The van der Waals surface area contributed by atoms with E-state index < -0.39 is 97.5 Å². The van der Waals surface area contributed by atoms with Crippen molar-refractivity contribution >= 4 is 39.5 Å². The fourth-order valence-corrected chi connectivity index (χ4v) is 10.2. The number of unbranched alkanes of at least 4 members (excludes halogenated alkanes) is 33. The summed E-state index contributed by atoms with van der Waals surface area (Å²) in [6.07, 6.45) is 36.9. The second-order valence-electron chi connectivity index (χ2n) is 21.0. The van der Waals surface area contributed by atoms with Crippen molar-refractivity contribution in [3.63, 3.8) is 0 Å². The molecule has 456 valence electrons. The molecule has 0 rings (SSSR count). The number of aliphatic hydroxyl groups is 1. The van der Waals surface area contributed by atoms with E-state index in [4.69, 9.17) is 37.0 Å². The Morgan fingerprint density at radius 2 is 0.519 bits per heavy atom. The van der Waals surface area contributed by atoms with Crippen LogP contribution in [0.4, 0.5) is 0 Å². The van der Waals surface area contributed by atoms with Crippen molar-refractivity contribution in [2.45, 2.75) is 309 Å². The van der Waals surface area contributed by atoms with Crippen LogP contribution in [0, 0.1) is 0 Å². The van der Waals surface area contributed by atoms with Gasteiger partial charge in [0.05, 0.1) is 26.4 Å². The highest BCUT2D eigenvalue weighted by atomic mass is 31.2. The largest absolute Gasteiger partial charge is 0.472 e. The zero-order valence-corrected chi connectivity index (χ0v) is 50.7. The third kappa shape index (κ3) is 53.2. The average Bonchev–Trinajstić information content (AvgIpc) is 3.40. The SMILES string of the molecule is CCCCCCCCCCCCCCCCC(=O)O[C@H](COC(=O)CCCCCCCCCCCCCCC)COP(=O)(O)OC[C@@H](O)COP(=O)(O)OC[C@@H](COC(=O)CCCCCCC)OC(=O)CCCCCCC. The van der Waals surface area contributed by atoms with E-state index in [1.807, 2.05) is 0 Å². The van der Waals surface area contributed by atoms with Crippen molar-refractivity contribution in [1.82, 2.24) is 0 Å². The summed E-state index contributed by atoms with van der Waals surface area (Å²) < 4.78 is 67.3. The van der Waals surface area contributed by atoms with Crippen LogP contribution in [0.1, 0.15) is 291 Å². The number of rotatable bonds is 59. The van der Waals surface area contributed by atoms with E-state index >= 15 is 0 Å².